The van der Waals surface area contributed by atoms with Crippen molar-refractivity contribution in [2.75, 3.05) is 11.9 Å². The summed E-state index contributed by atoms with van der Waals surface area (Å²) in [7, 11) is 2.08. The molecule has 0 saturated carbocycles. The summed E-state index contributed by atoms with van der Waals surface area (Å²) in [5.74, 6) is 1.71. The summed E-state index contributed by atoms with van der Waals surface area (Å²) < 4.78 is 0. The van der Waals surface area contributed by atoms with E-state index in [-0.39, 0.29) is 0 Å². The van der Waals surface area contributed by atoms with Crippen LogP contribution in [-0.2, 0) is 13.0 Å². The topological polar surface area (TPSA) is 41.9 Å². The minimum absolute atomic E-state index is 0.760. The Morgan fingerprint density at radius 3 is 2.52 bits per heavy atom. The number of nitrogens with zero attached hydrogens (tertiary/aromatic N) is 4. The maximum atomic E-state index is 4.75. The van der Waals surface area contributed by atoms with Crippen molar-refractivity contribution in [2.24, 2.45) is 0 Å². The van der Waals surface area contributed by atoms with Crippen LogP contribution < -0.4 is 4.90 Å². The van der Waals surface area contributed by atoms with E-state index in [4.69, 9.17) is 4.98 Å². The van der Waals surface area contributed by atoms with Gasteiger partial charge in [0.05, 0.1) is 6.54 Å². The Morgan fingerprint density at radius 2 is 1.87 bits per heavy atom. The molecule has 0 N–H and O–H groups in total. The van der Waals surface area contributed by atoms with Crippen molar-refractivity contribution >= 4 is 17.2 Å². The number of hydrogen-bond acceptors (Lipinski definition) is 5. The quantitative estimate of drug-likeness (QED) is 0.708. The minimum Gasteiger partial charge on any atom is -0.354 e. The van der Waals surface area contributed by atoms with Gasteiger partial charge in [0.1, 0.15) is 5.82 Å². The first-order valence-corrected chi connectivity index (χ1v) is 8.52. The predicted octanol–water partition coefficient (Wildman–Crippen LogP) is 4.11. The maximum absolute atomic E-state index is 4.75. The fourth-order valence-corrected chi connectivity index (χ4v) is 3.32. The van der Waals surface area contributed by atoms with E-state index in [1.807, 2.05) is 23.5 Å². The van der Waals surface area contributed by atoms with Gasteiger partial charge in [-0.25, -0.2) is 9.97 Å². The number of thiophene rings is 1. The molecule has 0 atom stereocenters. The highest BCUT2D eigenvalue weighted by Crippen LogP contribution is 2.23. The van der Waals surface area contributed by atoms with E-state index in [1.165, 1.54) is 9.75 Å². The molecular formula is C18H20N4S. The van der Waals surface area contributed by atoms with E-state index in [2.05, 4.69) is 54.0 Å². The second-order valence-corrected chi connectivity index (χ2v) is 6.87. The molecule has 3 heterocycles. The van der Waals surface area contributed by atoms with Gasteiger partial charge in [0.2, 0.25) is 0 Å². The largest absolute Gasteiger partial charge is 0.354 e. The van der Waals surface area contributed by atoms with E-state index < -0.39 is 0 Å². The number of anilines is 1. The SMILES string of the molecule is CCc1cc(N(C)Cc2ccc(C)s2)nc(-c2ccncc2)n1. The van der Waals surface area contributed by atoms with Crippen LogP contribution in [0.25, 0.3) is 11.4 Å². The Balaban J connectivity index is 1.92. The molecule has 0 amide bonds. The first kappa shape index (κ1) is 15.6. The van der Waals surface area contributed by atoms with Crippen LogP contribution in [0.15, 0.2) is 42.7 Å². The molecule has 0 radical (unpaired) electrons. The number of aryl methyl sites for hydroxylation is 2. The lowest BCUT2D eigenvalue weighted by Crippen LogP contribution is -2.18. The molecule has 23 heavy (non-hydrogen) atoms. The number of hydrogen-bond donors (Lipinski definition) is 0. The van der Waals surface area contributed by atoms with Gasteiger partial charge in [-0.1, -0.05) is 6.92 Å². The molecule has 0 aliphatic heterocycles. The third-order valence-corrected chi connectivity index (χ3v) is 4.63. The highest BCUT2D eigenvalue weighted by Gasteiger charge is 2.10. The van der Waals surface area contributed by atoms with Gasteiger partial charge in [-0.2, -0.15) is 0 Å². The molecule has 3 aromatic heterocycles. The standard InChI is InChI=1S/C18H20N4S/c1-4-15-11-17(22(3)12-16-6-5-13(2)23-16)21-18(20-15)14-7-9-19-10-8-14/h5-11H,4,12H2,1-3H3. The summed E-state index contributed by atoms with van der Waals surface area (Å²) >= 11 is 1.83. The molecule has 3 rings (SSSR count). The van der Waals surface area contributed by atoms with E-state index in [9.17, 15) is 0 Å². The highest BCUT2D eigenvalue weighted by atomic mass is 32.1. The lowest BCUT2D eigenvalue weighted by atomic mass is 10.2. The average Bonchev–Trinajstić information content (AvgIpc) is 3.00. The fourth-order valence-electron chi connectivity index (χ4n) is 2.37. The normalized spacial score (nSPS) is 10.7. The molecule has 0 aliphatic carbocycles. The second kappa shape index (κ2) is 6.87. The maximum Gasteiger partial charge on any atom is 0.161 e. The lowest BCUT2D eigenvalue weighted by Gasteiger charge is -2.19. The third kappa shape index (κ3) is 3.74. The minimum atomic E-state index is 0.760. The molecule has 0 saturated heterocycles. The molecule has 0 bridgehead atoms. The van der Waals surface area contributed by atoms with Gasteiger partial charge in [-0.3, -0.25) is 4.98 Å². The molecule has 3 aromatic rings. The molecule has 0 aromatic carbocycles. The van der Waals surface area contributed by atoms with E-state index in [1.54, 1.807) is 12.4 Å². The summed E-state index contributed by atoms with van der Waals surface area (Å²) in [4.78, 5) is 18.3. The summed E-state index contributed by atoms with van der Waals surface area (Å²) in [5.41, 5.74) is 2.05. The second-order valence-electron chi connectivity index (χ2n) is 5.50. The molecule has 4 nitrogen and oxygen atoms in total. The zero-order chi connectivity index (χ0) is 16.2. The van der Waals surface area contributed by atoms with Gasteiger partial charge in [-0.15, -0.1) is 11.3 Å². The van der Waals surface area contributed by atoms with Crippen LogP contribution in [0.5, 0.6) is 0 Å². The van der Waals surface area contributed by atoms with Gasteiger partial charge in [0.25, 0.3) is 0 Å². The van der Waals surface area contributed by atoms with Crippen LogP contribution in [0.2, 0.25) is 0 Å². The first-order valence-electron chi connectivity index (χ1n) is 7.70. The predicted molar refractivity (Wildman–Crippen MR) is 95.8 cm³/mol. The number of aromatic nitrogens is 3. The van der Waals surface area contributed by atoms with Gasteiger partial charge >= 0.3 is 0 Å². The van der Waals surface area contributed by atoms with Crippen molar-refractivity contribution in [1.29, 1.82) is 0 Å². The van der Waals surface area contributed by atoms with Crippen LogP contribution in [0.1, 0.15) is 22.4 Å². The molecule has 0 unspecified atom stereocenters. The van der Waals surface area contributed by atoms with Gasteiger partial charge < -0.3 is 4.90 Å². The summed E-state index contributed by atoms with van der Waals surface area (Å²) in [6.07, 6.45) is 4.43. The van der Waals surface area contributed by atoms with Crippen molar-refractivity contribution in [3.63, 3.8) is 0 Å². The van der Waals surface area contributed by atoms with Crippen LogP contribution in [-0.4, -0.2) is 22.0 Å². The monoisotopic (exact) mass is 324 g/mol. The Kier molecular flexibility index (Phi) is 4.67. The summed E-state index contributed by atoms with van der Waals surface area (Å²) in [6.45, 7) is 5.11. The van der Waals surface area contributed by atoms with E-state index >= 15 is 0 Å². The number of pyridine rings is 1. The lowest BCUT2D eigenvalue weighted by molar-refractivity contribution is 0.892. The van der Waals surface area contributed by atoms with Crippen molar-refractivity contribution < 1.29 is 0 Å². The molecule has 5 heteroatoms. The molecule has 0 fully saturated rings. The van der Waals surface area contributed by atoms with Crippen molar-refractivity contribution in [1.82, 2.24) is 15.0 Å². The Hall–Kier alpha value is -2.27. The first-order chi connectivity index (χ1) is 11.2. The van der Waals surface area contributed by atoms with E-state index in [0.717, 1.165) is 35.9 Å². The Labute approximate surface area is 140 Å². The average molecular weight is 324 g/mol. The number of rotatable bonds is 5. The Morgan fingerprint density at radius 1 is 1.09 bits per heavy atom. The van der Waals surface area contributed by atoms with Crippen LogP contribution in [0, 0.1) is 6.92 Å². The van der Waals surface area contributed by atoms with Gasteiger partial charge in [0.15, 0.2) is 5.82 Å². The molecular weight excluding hydrogens is 304 g/mol. The smallest absolute Gasteiger partial charge is 0.161 e. The van der Waals surface area contributed by atoms with Crippen molar-refractivity contribution in [2.45, 2.75) is 26.8 Å². The van der Waals surface area contributed by atoms with E-state index in [0.29, 0.717) is 0 Å². The molecule has 0 spiro atoms. The summed E-state index contributed by atoms with van der Waals surface area (Å²) in [5, 5.41) is 0. The zero-order valence-electron chi connectivity index (χ0n) is 13.7. The van der Waals surface area contributed by atoms with Crippen LogP contribution in [0.4, 0.5) is 5.82 Å². The third-order valence-electron chi connectivity index (χ3n) is 3.65. The van der Waals surface area contributed by atoms with Crippen LogP contribution >= 0.6 is 11.3 Å². The fraction of sp³-hybridized carbons (Fsp3) is 0.278. The molecule has 118 valence electrons. The highest BCUT2D eigenvalue weighted by molar-refractivity contribution is 7.11. The van der Waals surface area contributed by atoms with Crippen molar-refractivity contribution in [3.8, 4) is 11.4 Å². The molecule has 0 aliphatic rings. The van der Waals surface area contributed by atoms with Gasteiger partial charge in [-0.05, 0) is 37.6 Å². The van der Waals surface area contributed by atoms with Crippen LogP contribution in [0.3, 0.4) is 0 Å². The zero-order valence-corrected chi connectivity index (χ0v) is 14.5. The van der Waals surface area contributed by atoms with Crippen molar-refractivity contribution in [3.05, 3.63) is 58.2 Å². The summed E-state index contributed by atoms with van der Waals surface area (Å²) in [6, 6.07) is 10.3. The Bertz CT molecular complexity index is 783. The van der Waals surface area contributed by atoms with Gasteiger partial charge in [0, 0.05) is 46.5 Å².